The SMILES string of the molecule is C/C(=N\NC(=O)CCCOc1ccc(Cl)cc1C)c1ccc(Br)cc1. The molecule has 1 N–H and O–H groups in total. The maximum Gasteiger partial charge on any atom is 0.240 e. The number of hydrazone groups is 1. The van der Waals surface area contributed by atoms with Crippen molar-refractivity contribution < 1.29 is 9.53 Å². The molecule has 0 aromatic heterocycles. The van der Waals surface area contributed by atoms with Crippen molar-refractivity contribution in [2.45, 2.75) is 26.7 Å². The predicted octanol–water partition coefficient (Wildman–Crippen LogP) is 5.11. The summed E-state index contributed by atoms with van der Waals surface area (Å²) in [7, 11) is 0. The van der Waals surface area contributed by atoms with E-state index in [1.807, 2.05) is 50.2 Å². The molecule has 1 amide bonds. The number of carbonyl (C=O) groups excluding carboxylic acids is 1. The fraction of sp³-hybridized carbons (Fsp3) is 0.263. The van der Waals surface area contributed by atoms with E-state index >= 15 is 0 Å². The molecule has 0 bridgehead atoms. The minimum absolute atomic E-state index is 0.132. The van der Waals surface area contributed by atoms with E-state index in [4.69, 9.17) is 16.3 Å². The van der Waals surface area contributed by atoms with Crippen LogP contribution in [0.25, 0.3) is 0 Å². The van der Waals surface area contributed by atoms with Gasteiger partial charge in [-0.25, -0.2) is 5.43 Å². The average molecular weight is 424 g/mol. The molecule has 0 saturated carbocycles. The summed E-state index contributed by atoms with van der Waals surface area (Å²) in [5, 5.41) is 4.81. The van der Waals surface area contributed by atoms with Crippen molar-refractivity contribution in [3.63, 3.8) is 0 Å². The van der Waals surface area contributed by atoms with Gasteiger partial charge in [0.2, 0.25) is 5.91 Å². The van der Waals surface area contributed by atoms with Gasteiger partial charge in [-0.05, 0) is 61.7 Å². The Balaban J connectivity index is 1.73. The van der Waals surface area contributed by atoms with E-state index in [-0.39, 0.29) is 5.91 Å². The lowest BCUT2D eigenvalue weighted by atomic mass is 10.1. The third-order valence-electron chi connectivity index (χ3n) is 3.55. The van der Waals surface area contributed by atoms with Crippen molar-refractivity contribution in [3.8, 4) is 5.75 Å². The quantitative estimate of drug-likeness (QED) is 0.382. The van der Waals surface area contributed by atoms with Gasteiger partial charge in [-0.15, -0.1) is 0 Å². The fourth-order valence-corrected chi connectivity index (χ4v) is 2.64. The van der Waals surface area contributed by atoms with Gasteiger partial charge in [-0.1, -0.05) is 39.7 Å². The lowest BCUT2D eigenvalue weighted by Crippen LogP contribution is -2.19. The number of hydrogen-bond donors (Lipinski definition) is 1. The van der Waals surface area contributed by atoms with Gasteiger partial charge < -0.3 is 4.74 Å². The highest BCUT2D eigenvalue weighted by molar-refractivity contribution is 9.10. The van der Waals surface area contributed by atoms with E-state index in [0.717, 1.165) is 27.1 Å². The Morgan fingerprint density at radius 1 is 1.24 bits per heavy atom. The van der Waals surface area contributed by atoms with Gasteiger partial charge in [0, 0.05) is 15.9 Å². The maximum absolute atomic E-state index is 11.9. The Labute approximate surface area is 161 Å². The van der Waals surface area contributed by atoms with Gasteiger partial charge in [-0.2, -0.15) is 5.10 Å². The average Bonchev–Trinajstić information content (AvgIpc) is 2.58. The fourth-order valence-electron chi connectivity index (χ4n) is 2.15. The zero-order chi connectivity index (χ0) is 18.2. The van der Waals surface area contributed by atoms with E-state index in [2.05, 4.69) is 26.5 Å². The van der Waals surface area contributed by atoms with Crippen LogP contribution in [0.15, 0.2) is 52.0 Å². The predicted molar refractivity (Wildman–Crippen MR) is 105 cm³/mol. The molecular weight excluding hydrogens is 404 g/mol. The summed E-state index contributed by atoms with van der Waals surface area (Å²) in [5.74, 6) is 0.654. The van der Waals surface area contributed by atoms with Crippen molar-refractivity contribution >= 4 is 39.1 Å². The summed E-state index contributed by atoms with van der Waals surface area (Å²) >= 11 is 9.30. The summed E-state index contributed by atoms with van der Waals surface area (Å²) in [5.41, 5.74) is 5.28. The van der Waals surface area contributed by atoms with Crippen molar-refractivity contribution in [1.29, 1.82) is 0 Å². The molecular formula is C19H20BrClN2O2. The van der Waals surface area contributed by atoms with Gasteiger partial charge >= 0.3 is 0 Å². The Morgan fingerprint density at radius 3 is 2.64 bits per heavy atom. The molecule has 132 valence electrons. The van der Waals surface area contributed by atoms with E-state index in [1.54, 1.807) is 6.07 Å². The first-order chi connectivity index (χ1) is 12.0. The second kappa shape index (κ2) is 9.59. The molecule has 0 aliphatic heterocycles. The highest BCUT2D eigenvalue weighted by Crippen LogP contribution is 2.21. The molecule has 0 atom stereocenters. The van der Waals surface area contributed by atoms with E-state index < -0.39 is 0 Å². The standard InChI is InChI=1S/C19H20BrClN2O2/c1-13-12-17(21)9-10-18(13)25-11-3-4-19(24)23-22-14(2)15-5-7-16(20)8-6-15/h5-10,12H,3-4,11H2,1-2H3,(H,23,24)/b22-14+. The number of halogens is 2. The monoisotopic (exact) mass is 422 g/mol. The molecule has 0 aliphatic carbocycles. The van der Waals surface area contributed by atoms with Crippen LogP contribution in [0.4, 0.5) is 0 Å². The molecule has 0 aliphatic rings. The minimum Gasteiger partial charge on any atom is -0.493 e. The number of benzene rings is 2. The van der Waals surface area contributed by atoms with Crippen molar-refractivity contribution in [3.05, 3.63) is 63.1 Å². The Kier molecular flexibility index (Phi) is 7.47. The molecule has 4 nitrogen and oxygen atoms in total. The van der Waals surface area contributed by atoms with Gasteiger partial charge in [0.1, 0.15) is 5.75 Å². The number of carbonyl (C=O) groups is 1. The number of nitrogens with zero attached hydrogens (tertiary/aromatic N) is 1. The third kappa shape index (κ3) is 6.52. The molecule has 0 saturated heterocycles. The number of ether oxygens (including phenoxy) is 1. The van der Waals surface area contributed by atoms with Crippen LogP contribution in [0.3, 0.4) is 0 Å². The molecule has 0 fully saturated rings. The van der Waals surface area contributed by atoms with Crippen LogP contribution in [-0.4, -0.2) is 18.2 Å². The van der Waals surface area contributed by atoms with Crippen LogP contribution in [0.2, 0.25) is 5.02 Å². The first kappa shape index (κ1) is 19.5. The summed E-state index contributed by atoms with van der Waals surface area (Å²) in [6.45, 7) is 4.26. The summed E-state index contributed by atoms with van der Waals surface area (Å²) in [6, 6.07) is 13.2. The molecule has 2 rings (SSSR count). The summed E-state index contributed by atoms with van der Waals surface area (Å²) in [4.78, 5) is 11.9. The van der Waals surface area contributed by atoms with Gasteiger partial charge in [0.25, 0.3) is 0 Å². The molecule has 0 spiro atoms. The molecule has 0 unspecified atom stereocenters. The van der Waals surface area contributed by atoms with E-state index in [0.29, 0.717) is 24.5 Å². The van der Waals surface area contributed by atoms with Gasteiger partial charge in [0.15, 0.2) is 0 Å². The highest BCUT2D eigenvalue weighted by Gasteiger charge is 2.04. The number of nitrogens with one attached hydrogen (secondary N) is 1. The third-order valence-corrected chi connectivity index (χ3v) is 4.32. The Morgan fingerprint density at radius 2 is 1.96 bits per heavy atom. The zero-order valence-corrected chi connectivity index (χ0v) is 16.5. The first-order valence-corrected chi connectivity index (χ1v) is 9.11. The van der Waals surface area contributed by atoms with Crippen LogP contribution in [0.1, 0.15) is 30.9 Å². The molecule has 0 heterocycles. The first-order valence-electron chi connectivity index (χ1n) is 7.94. The van der Waals surface area contributed by atoms with Crippen LogP contribution in [-0.2, 0) is 4.79 Å². The van der Waals surface area contributed by atoms with Gasteiger partial charge in [-0.3, -0.25) is 4.79 Å². The smallest absolute Gasteiger partial charge is 0.240 e. The minimum atomic E-state index is -0.132. The molecule has 25 heavy (non-hydrogen) atoms. The van der Waals surface area contributed by atoms with E-state index in [1.165, 1.54) is 0 Å². The number of aryl methyl sites for hydroxylation is 1. The van der Waals surface area contributed by atoms with Crippen molar-refractivity contribution in [1.82, 2.24) is 5.43 Å². The lowest BCUT2D eigenvalue weighted by molar-refractivity contribution is -0.121. The second-order valence-corrected chi connectivity index (χ2v) is 6.95. The van der Waals surface area contributed by atoms with Gasteiger partial charge in [0.05, 0.1) is 12.3 Å². The van der Waals surface area contributed by atoms with Crippen LogP contribution >= 0.6 is 27.5 Å². The second-order valence-electron chi connectivity index (χ2n) is 5.60. The maximum atomic E-state index is 11.9. The topological polar surface area (TPSA) is 50.7 Å². The van der Waals surface area contributed by atoms with Crippen LogP contribution < -0.4 is 10.2 Å². The van der Waals surface area contributed by atoms with Crippen molar-refractivity contribution in [2.75, 3.05) is 6.61 Å². The lowest BCUT2D eigenvalue weighted by Gasteiger charge is -2.09. The highest BCUT2D eigenvalue weighted by atomic mass is 79.9. The number of rotatable bonds is 7. The molecule has 2 aromatic rings. The number of amides is 1. The van der Waals surface area contributed by atoms with E-state index in [9.17, 15) is 4.79 Å². The number of hydrogen-bond acceptors (Lipinski definition) is 3. The van der Waals surface area contributed by atoms with Crippen LogP contribution in [0, 0.1) is 6.92 Å². The largest absolute Gasteiger partial charge is 0.493 e. The normalized spacial score (nSPS) is 11.3. The Hall–Kier alpha value is -1.85. The molecule has 0 radical (unpaired) electrons. The summed E-state index contributed by atoms with van der Waals surface area (Å²) in [6.07, 6.45) is 0.963. The molecule has 2 aromatic carbocycles. The van der Waals surface area contributed by atoms with Crippen LogP contribution in [0.5, 0.6) is 5.75 Å². The van der Waals surface area contributed by atoms with Crippen molar-refractivity contribution in [2.24, 2.45) is 5.10 Å². The molecule has 6 heteroatoms. The zero-order valence-electron chi connectivity index (χ0n) is 14.2. The Bertz CT molecular complexity index is 761. The summed E-state index contributed by atoms with van der Waals surface area (Å²) < 4.78 is 6.67.